The van der Waals surface area contributed by atoms with Crippen molar-refractivity contribution in [3.63, 3.8) is 0 Å². The zero-order valence-corrected chi connectivity index (χ0v) is 8.34. The topological polar surface area (TPSA) is 80.7 Å². The van der Waals surface area contributed by atoms with Gasteiger partial charge in [-0.05, 0) is 6.42 Å². The first-order chi connectivity index (χ1) is 5.95. The first-order valence-electron chi connectivity index (χ1n) is 4.06. The molecule has 0 spiro atoms. The Labute approximate surface area is 114 Å². The third kappa shape index (κ3) is 12.6. The summed E-state index contributed by atoms with van der Waals surface area (Å²) < 4.78 is 32.8. The quantitative estimate of drug-likeness (QED) is 0.312. The summed E-state index contributed by atoms with van der Waals surface area (Å²) in [7, 11) is -4.19. The Kier molecular flexibility index (Phi) is 10.8. The van der Waals surface area contributed by atoms with Crippen LogP contribution in [0.25, 0.3) is 0 Å². The molecule has 0 fully saturated rings. The van der Waals surface area contributed by atoms with Gasteiger partial charge in [-0.15, -0.1) is 0 Å². The number of ether oxygens (including phenoxy) is 1. The second-order valence-electron chi connectivity index (χ2n) is 2.67. The molecule has 0 radical (unpaired) electrons. The van der Waals surface area contributed by atoms with E-state index in [1.54, 1.807) is 0 Å². The Morgan fingerprint density at radius 2 is 1.93 bits per heavy atom. The van der Waals surface area contributed by atoms with E-state index in [2.05, 4.69) is 4.74 Å². The Hall–Kier alpha value is 0.640. The summed E-state index contributed by atoms with van der Waals surface area (Å²) in [6.45, 7) is 1.99. The van der Waals surface area contributed by atoms with Crippen LogP contribution in [-0.2, 0) is 19.6 Å². The molecule has 82 valence electrons. The molecule has 0 aliphatic heterocycles. The number of hydrogen-bond acceptors (Lipinski definition) is 4. The zero-order valence-electron chi connectivity index (χ0n) is 7.52. The monoisotopic (exact) mass is 252 g/mol. The maximum absolute atomic E-state index is 10.8. The van der Waals surface area contributed by atoms with Gasteiger partial charge in [0.05, 0.1) is 0 Å². The van der Waals surface area contributed by atoms with Crippen LogP contribution in [0.1, 0.15) is 32.6 Å². The number of rotatable bonds is 6. The minimum atomic E-state index is -4.19. The molecule has 0 unspecified atom stereocenters. The number of unbranched alkanes of at least 4 members (excludes halogenated alkanes) is 2. The predicted octanol–water partition coefficient (Wildman–Crippen LogP) is 0.0390. The van der Waals surface area contributed by atoms with Crippen LogP contribution in [0.3, 0.4) is 0 Å². The van der Waals surface area contributed by atoms with Gasteiger partial charge in [0, 0.05) is 6.42 Å². The molecule has 0 atom stereocenters. The van der Waals surface area contributed by atoms with Crippen molar-refractivity contribution >= 4 is 53.8 Å². The van der Waals surface area contributed by atoms with Crippen LogP contribution in [-0.4, -0.2) is 62.6 Å². The summed E-state index contributed by atoms with van der Waals surface area (Å²) in [4.78, 5) is 10.8. The minimum absolute atomic E-state index is 0. The van der Waals surface area contributed by atoms with Crippen LogP contribution >= 0.6 is 0 Å². The van der Waals surface area contributed by atoms with Gasteiger partial charge in [-0.3, -0.25) is 9.35 Å². The molecule has 14 heavy (non-hydrogen) atoms. The van der Waals surface area contributed by atoms with Crippen LogP contribution < -0.4 is 0 Å². The molecule has 0 rings (SSSR count). The van der Waals surface area contributed by atoms with Gasteiger partial charge in [-0.2, -0.15) is 8.42 Å². The molecule has 5 nitrogen and oxygen atoms in total. The number of hydrogen-bond donors (Lipinski definition) is 1. The fraction of sp³-hybridized carbons (Fsp3) is 0.857. The van der Waals surface area contributed by atoms with Crippen molar-refractivity contribution in [2.75, 3.05) is 5.94 Å². The zero-order chi connectivity index (χ0) is 10.3. The van der Waals surface area contributed by atoms with Gasteiger partial charge in [0.25, 0.3) is 0 Å². The van der Waals surface area contributed by atoms with E-state index in [9.17, 15) is 13.2 Å². The van der Waals surface area contributed by atoms with Gasteiger partial charge in [0.1, 0.15) is 0 Å². The predicted molar refractivity (Wildman–Crippen MR) is 55.2 cm³/mol. The van der Waals surface area contributed by atoms with Crippen molar-refractivity contribution in [1.29, 1.82) is 0 Å². The number of carbonyl (C=O) groups excluding carboxylic acids is 1. The van der Waals surface area contributed by atoms with Crippen LogP contribution in [0.15, 0.2) is 0 Å². The van der Waals surface area contributed by atoms with Crippen molar-refractivity contribution in [3.05, 3.63) is 0 Å². The van der Waals surface area contributed by atoms with Crippen LogP contribution in [0.2, 0.25) is 0 Å². The molecule has 0 bridgehead atoms. The third-order valence-corrected chi connectivity index (χ3v) is 1.77. The van der Waals surface area contributed by atoms with Gasteiger partial charge in [-0.1, -0.05) is 19.8 Å². The summed E-state index contributed by atoms with van der Waals surface area (Å²) in [5.41, 5.74) is 0. The summed E-state index contributed by atoms with van der Waals surface area (Å²) in [5, 5.41) is 0. The molecule has 0 heterocycles. The van der Waals surface area contributed by atoms with E-state index in [1.165, 1.54) is 0 Å². The fourth-order valence-corrected chi connectivity index (χ4v) is 1.01. The van der Waals surface area contributed by atoms with E-state index < -0.39 is 22.0 Å². The standard InChI is InChI=1S/C7H14O5S.Ca.2H/c1-2-3-4-5-7(8)12-6-13(9,10)11;;;/h2-6H2,1H3,(H,9,10,11);;;. The van der Waals surface area contributed by atoms with Gasteiger partial charge < -0.3 is 4.74 Å². The van der Waals surface area contributed by atoms with E-state index in [1.807, 2.05) is 6.92 Å². The maximum atomic E-state index is 10.8. The SMILES string of the molecule is CCCCCC(=O)OCS(=O)(=O)O.[CaH2]. The Bertz CT molecular complexity index is 249. The third-order valence-electron chi connectivity index (χ3n) is 1.35. The molecule has 0 aliphatic rings. The number of carbonyl (C=O) groups is 1. The molecule has 1 N–H and O–H groups in total. The molecule has 0 aliphatic carbocycles. The summed E-state index contributed by atoms with van der Waals surface area (Å²) in [6, 6.07) is 0. The summed E-state index contributed by atoms with van der Waals surface area (Å²) >= 11 is 0. The number of esters is 1. The molecule has 7 heteroatoms. The molecule has 0 saturated carbocycles. The van der Waals surface area contributed by atoms with E-state index >= 15 is 0 Å². The fourth-order valence-electron chi connectivity index (χ4n) is 0.732. The van der Waals surface area contributed by atoms with Gasteiger partial charge >= 0.3 is 53.8 Å². The van der Waals surface area contributed by atoms with Gasteiger partial charge in [0.15, 0.2) is 0 Å². The Balaban J connectivity index is 0. The summed E-state index contributed by atoms with van der Waals surface area (Å²) in [5.74, 6) is -1.54. The second kappa shape index (κ2) is 8.91. The molecular weight excluding hydrogens is 236 g/mol. The molecule has 0 aromatic carbocycles. The van der Waals surface area contributed by atoms with E-state index in [4.69, 9.17) is 4.55 Å². The van der Waals surface area contributed by atoms with E-state index in [0.717, 1.165) is 12.8 Å². The van der Waals surface area contributed by atoms with Crippen LogP contribution in [0.4, 0.5) is 0 Å². The van der Waals surface area contributed by atoms with Crippen LogP contribution in [0, 0.1) is 0 Å². The van der Waals surface area contributed by atoms with Crippen molar-refractivity contribution in [2.45, 2.75) is 32.6 Å². The van der Waals surface area contributed by atoms with Crippen molar-refractivity contribution < 1.29 is 22.5 Å². The summed E-state index contributed by atoms with van der Waals surface area (Å²) in [6.07, 6.45) is 2.76. The van der Waals surface area contributed by atoms with Crippen molar-refractivity contribution in [1.82, 2.24) is 0 Å². The van der Waals surface area contributed by atoms with Gasteiger partial charge in [0.2, 0.25) is 5.94 Å². The van der Waals surface area contributed by atoms with Crippen molar-refractivity contribution in [3.8, 4) is 0 Å². The second-order valence-corrected chi connectivity index (χ2v) is 4.07. The average molecular weight is 252 g/mol. The normalized spacial score (nSPS) is 10.4. The van der Waals surface area contributed by atoms with E-state index in [0.29, 0.717) is 6.42 Å². The van der Waals surface area contributed by atoms with Gasteiger partial charge in [-0.25, -0.2) is 0 Å². The molecule has 0 aromatic heterocycles. The molecular formula is C7H16CaO5S. The molecule has 0 saturated heterocycles. The van der Waals surface area contributed by atoms with Crippen LogP contribution in [0.5, 0.6) is 0 Å². The Morgan fingerprint density at radius 3 is 2.36 bits per heavy atom. The van der Waals surface area contributed by atoms with Crippen molar-refractivity contribution in [2.24, 2.45) is 0 Å². The average Bonchev–Trinajstić information content (AvgIpc) is 2.00. The Morgan fingerprint density at radius 1 is 1.36 bits per heavy atom. The first kappa shape index (κ1) is 17.0. The molecule has 0 aromatic rings. The first-order valence-corrected chi connectivity index (χ1v) is 5.67. The van der Waals surface area contributed by atoms with E-state index in [-0.39, 0.29) is 44.2 Å². The molecule has 0 amide bonds.